The van der Waals surface area contributed by atoms with Crippen molar-refractivity contribution in [1.82, 2.24) is 0 Å². The minimum Gasteiger partial charge on any atom is -0.324 e. The second kappa shape index (κ2) is 4.30. The molecule has 74 valence electrons. The van der Waals surface area contributed by atoms with E-state index >= 15 is 0 Å². The molecule has 0 fully saturated rings. The van der Waals surface area contributed by atoms with Crippen LogP contribution < -0.4 is 5.73 Å². The number of hydrogen-bond donors (Lipinski definition) is 1. The van der Waals surface area contributed by atoms with Crippen LogP contribution in [-0.4, -0.2) is 17.3 Å². The molecule has 0 saturated heterocycles. The first-order valence-electron chi connectivity index (χ1n) is 3.73. The number of carbonyl (C=O) groups is 1. The molecule has 1 rings (SSSR count). The summed E-state index contributed by atoms with van der Waals surface area (Å²) in [6.07, 6.45) is 0. The van der Waals surface area contributed by atoms with Crippen LogP contribution in [0.3, 0.4) is 0 Å². The van der Waals surface area contributed by atoms with E-state index in [0.717, 1.165) is 0 Å². The number of nitrogens with two attached hydrogens (primary N) is 1. The molecule has 1 aromatic carbocycles. The van der Waals surface area contributed by atoms with E-state index in [1.54, 1.807) is 6.07 Å². The molecule has 0 unspecified atom stereocenters. The first-order chi connectivity index (χ1) is 6.56. The molecule has 0 aliphatic heterocycles. The topological polar surface area (TPSA) is 86.2 Å². The van der Waals surface area contributed by atoms with Gasteiger partial charge in [0.2, 0.25) is 0 Å². The number of hydrogen-bond acceptors (Lipinski definition) is 4. The van der Waals surface area contributed by atoms with E-state index in [4.69, 9.17) is 5.73 Å². The highest BCUT2D eigenvalue weighted by Crippen LogP contribution is 2.23. The maximum atomic E-state index is 11.2. The monoisotopic (exact) mass is 258 g/mol. The predicted molar refractivity (Wildman–Crippen MR) is 54.2 cm³/mol. The molecule has 0 amide bonds. The molecule has 0 spiro atoms. The van der Waals surface area contributed by atoms with E-state index < -0.39 is 10.7 Å². The number of carbonyl (C=O) groups excluding carboxylic acids is 1. The molecule has 0 atom stereocenters. The van der Waals surface area contributed by atoms with Crippen LogP contribution in [0.5, 0.6) is 0 Å². The molecule has 1 aromatic rings. The van der Waals surface area contributed by atoms with Gasteiger partial charge >= 0.3 is 0 Å². The Kier molecular flexibility index (Phi) is 3.32. The molecular weight excluding hydrogens is 252 g/mol. The fourth-order valence-corrected chi connectivity index (χ4v) is 1.35. The third kappa shape index (κ3) is 2.15. The van der Waals surface area contributed by atoms with Crippen LogP contribution in [0.2, 0.25) is 0 Å². The number of Topliss-reactive ketones (excluding diaryl/α,β-unsaturated/α-hetero) is 1. The molecule has 5 nitrogen and oxygen atoms in total. The molecule has 2 N–H and O–H groups in total. The number of benzene rings is 1. The fourth-order valence-electron chi connectivity index (χ4n) is 1.00. The standard InChI is InChI=1S/C8H7BrN2O3/c9-5-1-2-6(8(12)4-10)7(3-5)11(13)14/h1-3H,4,10H2. The van der Waals surface area contributed by atoms with E-state index in [-0.39, 0.29) is 17.8 Å². The van der Waals surface area contributed by atoms with Gasteiger partial charge in [-0.15, -0.1) is 0 Å². The van der Waals surface area contributed by atoms with Crippen LogP contribution in [-0.2, 0) is 0 Å². The minimum absolute atomic E-state index is 0.0423. The van der Waals surface area contributed by atoms with E-state index in [1.807, 2.05) is 0 Å². The lowest BCUT2D eigenvalue weighted by atomic mass is 10.1. The molecule has 0 bridgehead atoms. The van der Waals surface area contributed by atoms with Gasteiger partial charge in [-0.05, 0) is 12.1 Å². The summed E-state index contributed by atoms with van der Waals surface area (Å²) in [6.45, 7) is -0.234. The molecule has 0 aliphatic rings. The van der Waals surface area contributed by atoms with Crippen LogP contribution >= 0.6 is 15.9 Å². The van der Waals surface area contributed by atoms with Gasteiger partial charge in [0.1, 0.15) is 0 Å². The average Bonchev–Trinajstić information content (AvgIpc) is 2.16. The first kappa shape index (κ1) is 10.8. The van der Waals surface area contributed by atoms with Gasteiger partial charge in [-0.2, -0.15) is 0 Å². The highest BCUT2D eigenvalue weighted by atomic mass is 79.9. The maximum absolute atomic E-state index is 11.2. The van der Waals surface area contributed by atoms with Gasteiger partial charge in [-0.25, -0.2) is 0 Å². The Morgan fingerprint density at radius 3 is 2.71 bits per heavy atom. The Labute approximate surface area is 88.2 Å². The van der Waals surface area contributed by atoms with Crippen LogP contribution in [0, 0.1) is 10.1 Å². The Balaban J connectivity index is 3.28. The molecule has 0 saturated carbocycles. The summed E-state index contributed by atoms with van der Waals surface area (Å²) in [4.78, 5) is 21.2. The van der Waals surface area contributed by atoms with Crippen molar-refractivity contribution in [3.05, 3.63) is 38.3 Å². The van der Waals surface area contributed by atoms with Crippen LogP contribution in [0.4, 0.5) is 5.69 Å². The summed E-state index contributed by atoms with van der Waals surface area (Å²) in [7, 11) is 0. The van der Waals surface area contributed by atoms with Crippen LogP contribution in [0.1, 0.15) is 10.4 Å². The molecule has 0 heterocycles. The van der Waals surface area contributed by atoms with Crippen molar-refractivity contribution in [2.75, 3.05) is 6.54 Å². The predicted octanol–water partition coefficient (Wildman–Crippen LogP) is 1.50. The zero-order valence-electron chi connectivity index (χ0n) is 7.07. The summed E-state index contributed by atoms with van der Waals surface area (Å²) in [6, 6.07) is 4.23. The van der Waals surface area contributed by atoms with E-state index in [1.165, 1.54) is 12.1 Å². The number of nitro benzene ring substituents is 1. The zero-order valence-corrected chi connectivity index (χ0v) is 8.65. The lowest BCUT2D eigenvalue weighted by molar-refractivity contribution is -0.385. The van der Waals surface area contributed by atoms with E-state index in [0.29, 0.717) is 4.47 Å². The Bertz CT molecular complexity index is 392. The van der Waals surface area contributed by atoms with E-state index in [2.05, 4.69) is 15.9 Å². The maximum Gasteiger partial charge on any atom is 0.281 e. The van der Waals surface area contributed by atoms with Gasteiger partial charge < -0.3 is 5.73 Å². The normalized spacial score (nSPS) is 9.86. The molecular formula is C8H7BrN2O3. The molecule has 6 heteroatoms. The number of nitro groups is 1. The fraction of sp³-hybridized carbons (Fsp3) is 0.125. The van der Waals surface area contributed by atoms with Crippen LogP contribution in [0.15, 0.2) is 22.7 Å². The number of halogens is 1. The average molecular weight is 259 g/mol. The first-order valence-corrected chi connectivity index (χ1v) is 4.52. The van der Waals surface area contributed by atoms with Crippen molar-refractivity contribution >= 4 is 27.4 Å². The van der Waals surface area contributed by atoms with Crippen LogP contribution in [0.25, 0.3) is 0 Å². The van der Waals surface area contributed by atoms with Crippen molar-refractivity contribution < 1.29 is 9.72 Å². The highest BCUT2D eigenvalue weighted by Gasteiger charge is 2.18. The number of nitrogens with zero attached hydrogens (tertiary/aromatic N) is 1. The largest absolute Gasteiger partial charge is 0.324 e. The second-order valence-corrected chi connectivity index (χ2v) is 3.46. The Morgan fingerprint density at radius 2 is 2.21 bits per heavy atom. The Hall–Kier alpha value is -1.27. The van der Waals surface area contributed by atoms with Gasteiger partial charge in [0.15, 0.2) is 5.78 Å². The van der Waals surface area contributed by atoms with Crippen molar-refractivity contribution in [3.8, 4) is 0 Å². The summed E-state index contributed by atoms with van der Waals surface area (Å²) in [5.74, 6) is -0.441. The molecule has 0 aromatic heterocycles. The lowest BCUT2D eigenvalue weighted by Gasteiger charge is -2.00. The highest BCUT2D eigenvalue weighted by molar-refractivity contribution is 9.10. The minimum atomic E-state index is -0.604. The summed E-state index contributed by atoms with van der Waals surface area (Å²) in [5, 5.41) is 10.6. The number of rotatable bonds is 3. The van der Waals surface area contributed by atoms with Gasteiger partial charge in [-0.3, -0.25) is 14.9 Å². The van der Waals surface area contributed by atoms with Gasteiger partial charge in [0, 0.05) is 10.5 Å². The van der Waals surface area contributed by atoms with E-state index in [9.17, 15) is 14.9 Å². The van der Waals surface area contributed by atoms with Crippen molar-refractivity contribution in [1.29, 1.82) is 0 Å². The summed E-state index contributed by atoms with van der Waals surface area (Å²) in [5.41, 5.74) is 4.94. The van der Waals surface area contributed by atoms with Crippen molar-refractivity contribution in [2.45, 2.75) is 0 Å². The molecule has 0 radical (unpaired) electrons. The van der Waals surface area contributed by atoms with Gasteiger partial charge in [-0.1, -0.05) is 15.9 Å². The number of ketones is 1. The second-order valence-electron chi connectivity index (χ2n) is 2.55. The lowest BCUT2D eigenvalue weighted by Crippen LogP contribution is -2.15. The van der Waals surface area contributed by atoms with Crippen molar-refractivity contribution in [2.24, 2.45) is 5.73 Å². The SMILES string of the molecule is NCC(=O)c1ccc(Br)cc1[N+](=O)[O-]. The third-order valence-electron chi connectivity index (χ3n) is 1.64. The molecule has 14 heavy (non-hydrogen) atoms. The smallest absolute Gasteiger partial charge is 0.281 e. The third-order valence-corrected chi connectivity index (χ3v) is 2.14. The van der Waals surface area contributed by atoms with Crippen molar-refractivity contribution in [3.63, 3.8) is 0 Å². The summed E-state index contributed by atoms with van der Waals surface area (Å²) < 4.78 is 0.553. The van der Waals surface area contributed by atoms with Gasteiger partial charge in [0.25, 0.3) is 5.69 Å². The molecule has 0 aliphatic carbocycles. The summed E-state index contributed by atoms with van der Waals surface area (Å²) >= 11 is 3.09. The van der Waals surface area contributed by atoms with Gasteiger partial charge in [0.05, 0.1) is 17.0 Å². The quantitative estimate of drug-likeness (QED) is 0.506. The Morgan fingerprint density at radius 1 is 1.57 bits per heavy atom. The zero-order chi connectivity index (χ0) is 10.7.